The maximum Gasteiger partial charge on any atom is 0.339 e. The highest BCUT2D eigenvalue weighted by Crippen LogP contribution is 2.19. The molecular formula is C20H21N3O5. The van der Waals surface area contributed by atoms with Gasteiger partial charge in [-0.2, -0.15) is 5.10 Å². The molecule has 0 aliphatic rings. The number of hydrogen-bond acceptors (Lipinski definition) is 5. The highest BCUT2D eigenvalue weighted by molar-refractivity contribution is 6.39. The lowest BCUT2D eigenvalue weighted by Crippen LogP contribution is -2.32. The Hall–Kier alpha value is -3.68. The second kappa shape index (κ2) is 9.31. The number of amides is 2. The van der Waals surface area contributed by atoms with Crippen molar-refractivity contribution in [3.05, 3.63) is 58.7 Å². The minimum Gasteiger partial charge on any atom is -0.493 e. The molecule has 3 N–H and O–H groups in total. The van der Waals surface area contributed by atoms with Crippen LogP contribution in [0.4, 0.5) is 5.69 Å². The van der Waals surface area contributed by atoms with Crippen LogP contribution < -0.4 is 15.5 Å². The molecular weight excluding hydrogens is 362 g/mol. The van der Waals surface area contributed by atoms with E-state index in [4.69, 9.17) is 4.74 Å². The van der Waals surface area contributed by atoms with Gasteiger partial charge in [0.1, 0.15) is 11.3 Å². The van der Waals surface area contributed by atoms with Crippen molar-refractivity contribution in [1.82, 2.24) is 5.43 Å². The number of nitrogens with zero attached hydrogens (tertiary/aromatic N) is 1. The van der Waals surface area contributed by atoms with Crippen LogP contribution in [-0.2, 0) is 9.59 Å². The number of carbonyl (C=O) groups is 3. The van der Waals surface area contributed by atoms with Crippen LogP contribution in [0.2, 0.25) is 0 Å². The van der Waals surface area contributed by atoms with Crippen LogP contribution in [0.25, 0.3) is 0 Å². The molecule has 0 aliphatic heterocycles. The van der Waals surface area contributed by atoms with Crippen molar-refractivity contribution in [2.45, 2.75) is 20.8 Å². The van der Waals surface area contributed by atoms with Crippen LogP contribution in [0.15, 0.2) is 41.5 Å². The third kappa shape index (κ3) is 5.41. The number of carboxylic acid groups (broad SMARTS) is 1. The first-order valence-electron chi connectivity index (χ1n) is 8.53. The number of carbonyl (C=O) groups excluding carboxylic acids is 2. The zero-order valence-electron chi connectivity index (χ0n) is 15.8. The summed E-state index contributed by atoms with van der Waals surface area (Å²) in [5.74, 6) is -2.71. The molecule has 2 rings (SSSR count). The first-order valence-corrected chi connectivity index (χ1v) is 8.53. The Labute approximate surface area is 162 Å². The summed E-state index contributed by atoms with van der Waals surface area (Å²) in [7, 11) is 0. The van der Waals surface area contributed by atoms with Crippen molar-refractivity contribution in [1.29, 1.82) is 0 Å². The molecule has 0 aliphatic carbocycles. The molecule has 0 atom stereocenters. The molecule has 0 saturated carbocycles. The molecule has 8 nitrogen and oxygen atoms in total. The fourth-order valence-corrected chi connectivity index (χ4v) is 2.30. The Bertz CT molecular complexity index is 937. The Balaban J connectivity index is 2.00. The Morgan fingerprint density at radius 1 is 1.07 bits per heavy atom. The molecule has 2 amide bonds. The quantitative estimate of drug-likeness (QED) is 0.402. The maximum atomic E-state index is 11.9. The van der Waals surface area contributed by atoms with Gasteiger partial charge in [0.2, 0.25) is 0 Å². The van der Waals surface area contributed by atoms with Gasteiger partial charge >= 0.3 is 17.8 Å². The smallest absolute Gasteiger partial charge is 0.339 e. The first kappa shape index (κ1) is 20.6. The molecule has 0 unspecified atom stereocenters. The fraction of sp³-hybridized carbons (Fsp3) is 0.200. The summed E-state index contributed by atoms with van der Waals surface area (Å²) in [6, 6.07) is 9.75. The number of aryl methyl sites for hydroxylation is 2. The minimum absolute atomic E-state index is 0.0235. The van der Waals surface area contributed by atoms with E-state index in [9.17, 15) is 19.5 Å². The monoisotopic (exact) mass is 383 g/mol. The van der Waals surface area contributed by atoms with Gasteiger partial charge in [-0.05, 0) is 67.8 Å². The Morgan fingerprint density at radius 3 is 2.46 bits per heavy atom. The molecule has 8 heteroatoms. The molecule has 0 bridgehead atoms. The molecule has 0 spiro atoms. The number of carboxylic acids is 1. The van der Waals surface area contributed by atoms with Crippen LogP contribution in [0.1, 0.15) is 34.0 Å². The van der Waals surface area contributed by atoms with Crippen molar-refractivity contribution in [3.63, 3.8) is 0 Å². The van der Waals surface area contributed by atoms with Gasteiger partial charge in [-0.1, -0.05) is 6.07 Å². The predicted octanol–water partition coefficient (Wildman–Crippen LogP) is 2.49. The van der Waals surface area contributed by atoms with Crippen LogP contribution in [0.3, 0.4) is 0 Å². The normalized spacial score (nSPS) is 10.5. The number of rotatable bonds is 6. The van der Waals surface area contributed by atoms with E-state index in [0.717, 1.165) is 11.1 Å². The van der Waals surface area contributed by atoms with Crippen LogP contribution in [0, 0.1) is 13.8 Å². The zero-order chi connectivity index (χ0) is 20.7. The average Bonchev–Trinajstić information content (AvgIpc) is 2.65. The lowest BCUT2D eigenvalue weighted by atomic mass is 10.1. The second-order valence-corrected chi connectivity index (χ2v) is 5.95. The summed E-state index contributed by atoms with van der Waals surface area (Å²) >= 11 is 0. The van der Waals surface area contributed by atoms with Crippen molar-refractivity contribution < 1.29 is 24.2 Å². The van der Waals surface area contributed by atoms with E-state index in [2.05, 4.69) is 15.8 Å². The van der Waals surface area contributed by atoms with E-state index in [1.165, 1.54) is 18.3 Å². The molecule has 146 valence electrons. The number of anilines is 1. The third-order valence-corrected chi connectivity index (χ3v) is 3.88. The van der Waals surface area contributed by atoms with E-state index >= 15 is 0 Å². The number of hydrazone groups is 1. The number of nitrogens with one attached hydrogen (secondary N) is 2. The largest absolute Gasteiger partial charge is 0.493 e. The SMILES string of the molecule is CCOc1ccc(/C=N\NC(=O)C(=O)Nc2ccc(C)c(C)c2)cc1C(=O)O. The first-order chi connectivity index (χ1) is 13.3. The van der Waals surface area contributed by atoms with Gasteiger partial charge in [0.05, 0.1) is 12.8 Å². The molecule has 0 fully saturated rings. The minimum atomic E-state index is -1.14. The summed E-state index contributed by atoms with van der Waals surface area (Å²) in [5, 5.41) is 15.4. The standard InChI is InChI=1S/C20H21N3O5/c1-4-28-17-8-6-14(10-16(17)20(26)27)11-21-23-19(25)18(24)22-15-7-5-12(2)13(3)9-15/h5-11H,4H2,1-3H3,(H,22,24)(H,23,25)(H,26,27)/b21-11-. The van der Waals surface area contributed by atoms with E-state index < -0.39 is 17.8 Å². The van der Waals surface area contributed by atoms with E-state index in [1.807, 2.05) is 19.9 Å². The second-order valence-electron chi connectivity index (χ2n) is 5.95. The third-order valence-electron chi connectivity index (χ3n) is 3.88. The van der Waals surface area contributed by atoms with E-state index in [-0.39, 0.29) is 11.3 Å². The molecule has 28 heavy (non-hydrogen) atoms. The van der Waals surface area contributed by atoms with E-state index in [1.54, 1.807) is 25.1 Å². The van der Waals surface area contributed by atoms with Crippen LogP contribution >= 0.6 is 0 Å². The van der Waals surface area contributed by atoms with Crippen LogP contribution in [0.5, 0.6) is 5.75 Å². The van der Waals surface area contributed by atoms with Crippen molar-refractivity contribution in [2.75, 3.05) is 11.9 Å². The number of hydrogen-bond donors (Lipinski definition) is 3. The summed E-state index contributed by atoms with van der Waals surface area (Å²) in [6.45, 7) is 5.93. The Kier molecular flexibility index (Phi) is 6.86. The topological polar surface area (TPSA) is 117 Å². The molecule has 0 saturated heterocycles. The average molecular weight is 383 g/mol. The van der Waals surface area contributed by atoms with Crippen molar-refractivity contribution in [3.8, 4) is 5.75 Å². The Morgan fingerprint density at radius 2 is 1.82 bits per heavy atom. The number of benzene rings is 2. The summed E-state index contributed by atoms with van der Waals surface area (Å²) in [5.41, 5.74) is 5.07. The number of ether oxygens (including phenoxy) is 1. The van der Waals surface area contributed by atoms with Gasteiger partial charge < -0.3 is 15.2 Å². The summed E-state index contributed by atoms with van der Waals surface area (Å²) in [6.07, 6.45) is 1.24. The van der Waals surface area contributed by atoms with Gasteiger partial charge in [0.25, 0.3) is 0 Å². The van der Waals surface area contributed by atoms with Gasteiger partial charge in [0, 0.05) is 5.69 Å². The lowest BCUT2D eigenvalue weighted by molar-refractivity contribution is -0.136. The van der Waals surface area contributed by atoms with Crippen molar-refractivity contribution in [2.24, 2.45) is 5.10 Å². The van der Waals surface area contributed by atoms with Crippen molar-refractivity contribution >= 4 is 29.7 Å². The molecule has 0 heterocycles. The lowest BCUT2D eigenvalue weighted by Gasteiger charge is -2.07. The summed E-state index contributed by atoms with van der Waals surface area (Å²) in [4.78, 5) is 35.1. The van der Waals surface area contributed by atoms with Gasteiger partial charge in [-0.25, -0.2) is 10.2 Å². The predicted molar refractivity (Wildman–Crippen MR) is 105 cm³/mol. The van der Waals surface area contributed by atoms with Gasteiger partial charge in [-0.15, -0.1) is 0 Å². The number of aromatic carboxylic acids is 1. The highest BCUT2D eigenvalue weighted by Gasteiger charge is 2.14. The van der Waals surface area contributed by atoms with Crippen LogP contribution in [-0.4, -0.2) is 35.7 Å². The fourth-order valence-electron chi connectivity index (χ4n) is 2.30. The zero-order valence-corrected chi connectivity index (χ0v) is 15.8. The van der Waals surface area contributed by atoms with Gasteiger partial charge in [0.15, 0.2) is 0 Å². The van der Waals surface area contributed by atoms with E-state index in [0.29, 0.717) is 17.9 Å². The molecule has 0 radical (unpaired) electrons. The van der Waals surface area contributed by atoms with Gasteiger partial charge in [-0.3, -0.25) is 9.59 Å². The molecule has 2 aromatic carbocycles. The molecule has 2 aromatic rings. The highest BCUT2D eigenvalue weighted by atomic mass is 16.5. The maximum absolute atomic E-state index is 11.9. The summed E-state index contributed by atoms with van der Waals surface area (Å²) < 4.78 is 5.25. The molecule has 0 aromatic heterocycles.